The molecule has 0 fully saturated rings. The predicted octanol–water partition coefficient (Wildman–Crippen LogP) is 2.93. The fourth-order valence-corrected chi connectivity index (χ4v) is 2.68. The average molecular weight is 280 g/mol. The summed E-state index contributed by atoms with van der Waals surface area (Å²) in [6.07, 6.45) is 0.588. The Balaban J connectivity index is 2.50. The Hall–Kier alpha value is -1.00. The first-order valence-electron chi connectivity index (χ1n) is 6.71. The molecule has 1 aromatic rings. The zero-order chi connectivity index (χ0) is 14.3. The molecule has 0 saturated heterocycles. The van der Waals surface area contributed by atoms with E-state index in [9.17, 15) is 4.79 Å². The smallest absolute Gasteiger partial charge is 0.222 e. The van der Waals surface area contributed by atoms with Crippen molar-refractivity contribution in [1.29, 1.82) is 0 Å². The van der Waals surface area contributed by atoms with Crippen LogP contribution in [-0.2, 0) is 4.79 Å². The Labute approximate surface area is 120 Å². The summed E-state index contributed by atoms with van der Waals surface area (Å²) in [4.78, 5) is 14.4. The first-order valence-corrected chi connectivity index (χ1v) is 7.69. The van der Waals surface area contributed by atoms with E-state index in [2.05, 4.69) is 43.4 Å². The standard InChI is InChI=1S/C15H24N2OS/c1-5-16-12(2)13-7-6-8-14(11-13)19-10-9-15(18)17(3)4/h6-8,11-12,16H,5,9-10H2,1-4H3. The number of carbonyl (C=O) groups excluding carboxylic acids is 1. The summed E-state index contributed by atoms with van der Waals surface area (Å²) in [6, 6.07) is 8.90. The first-order chi connectivity index (χ1) is 9.04. The Morgan fingerprint density at radius 2 is 2.16 bits per heavy atom. The number of nitrogens with zero attached hydrogens (tertiary/aromatic N) is 1. The van der Waals surface area contributed by atoms with E-state index >= 15 is 0 Å². The molecule has 0 bridgehead atoms. The molecule has 0 aliphatic carbocycles. The van der Waals surface area contributed by atoms with Crippen LogP contribution in [0.2, 0.25) is 0 Å². The maximum Gasteiger partial charge on any atom is 0.222 e. The van der Waals surface area contributed by atoms with E-state index in [0.29, 0.717) is 12.5 Å². The van der Waals surface area contributed by atoms with Crippen molar-refractivity contribution in [2.75, 3.05) is 26.4 Å². The summed E-state index contributed by atoms with van der Waals surface area (Å²) in [5.74, 6) is 1.01. The molecule has 3 nitrogen and oxygen atoms in total. The highest BCUT2D eigenvalue weighted by Gasteiger charge is 2.06. The summed E-state index contributed by atoms with van der Waals surface area (Å²) in [6.45, 7) is 5.25. The van der Waals surface area contributed by atoms with E-state index in [1.54, 1.807) is 30.8 Å². The van der Waals surface area contributed by atoms with Crippen LogP contribution in [-0.4, -0.2) is 37.2 Å². The summed E-state index contributed by atoms with van der Waals surface area (Å²) >= 11 is 1.74. The zero-order valence-electron chi connectivity index (χ0n) is 12.3. The van der Waals surface area contributed by atoms with Gasteiger partial charge in [-0.2, -0.15) is 0 Å². The van der Waals surface area contributed by atoms with Crippen molar-refractivity contribution in [2.24, 2.45) is 0 Å². The van der Waals surface area contributed by atoms with E-state index in [-0.39, 0.29) is 5.91 Å². The lowest BCUT2D eigenvalue weighted by atomic mass is 10.1. The lowest BCUT2D eigenvalue weighted by Gasteiger charge is -2.14. The van der Waals surface area contributed by atoms with Crippen LogP contribution in [0.1, 0.15) is 31.9 Å². The van der Waals surface area contributed by atoms with Crippen molar-refractivity contribution < 1.29 is 4.79 Å². The van der Waals surface area contributed by atoms with Crippen LogP contribution in [0.15, 0.2) is 29.2 Å². The van der Waals surface area contributed by atoms with Crippen molar-refractivity contribution in [3.05, 3.63) is 29.8 Å². The minimum atomic E-state index is 0.185. The topological polar surface area (TPSA) is 32.3 Å². The summed E-state index contributed by atoms with van der Waals surface area (Å²) in [7, 11) is 3.59. The highest BCUT2D eigenvalue weighted by Crippen LogP contribution is 2.23. The van der Waals surface area contributed by atoms with Gasteiger partial charge in [0.1, 0.15) is 0 Å². The molecule has 0 heterocycles. The molecule has 0 spiro atoms. The monoisotopic (exact) mass is 280 g/mol. The van der Waals surface area contributed by atoms with Crippen LogP contribution in [0.4, 0.5) is 0 Å². The quantitative estimate of drug-likeness (QED) is 0.779. The van der Waals surface area contributed by atoms with E-state index in [4.69, 9.17) is 0 Å². The molecule has 0 aliphatic heterocycles. The third-order valence-corrected chi connectivity index (χ3v) is 3.95. The molecule has 1 N–H and O–H groups in total. The van der Waals surface area contributed by atoms with Crippen LogP contribution >= 0.6 is 11.8 Å². The first kappa shape index (κ1) is 16.1. The molecular weight excluding hydrogens is 256 g/mol. The number of benzene rings is 1. The van der Waals surface area contributed by atoms with Crippen molar-refractivity contribution >= 4 is 17.7 Å². The molecule has 106 valence electrons. The molecule has 0 aliphatic rings. The lowest BCUT2D eigenvalue weighted by Crippen LogP contribution is -2.21. The second-order valence-electron chi connectivity index (χ2n) is 4.74. The average Bonchev–Trinajstić information content (AvgIpc) is 2.39. The molecule has 0 aromatic heterocycles. The van der Waals surface area contributed by atoms with Gasteiger partial charge in [0.2, 0.25) is 5.91 Å². The van der Waals surface area contributed by atoms with Gasteiger partial charge >= 0.3 is 0 Å². The van der Waals surface area contributed by atoms with E-state index in [0.717, 1.165) is 12.3 Å². The highest BCUT2D eigenvalue weighted by molar-refractivity contribution is 7.99. The minimum absolute atomic E-state index is 0.185. The SMILES string of the molecule is CCNC(C)c1cccc(SCCC(=O)N(C)C)c1. The Morgan fingerprint density at radius 1 is 1.42 bits per heavy atom. The van der Waals surface area contributed by atoms with Crippen molar-refractivity contribution in [3.8, 4) is 0 Å². The van der Waals surface area contributed by atoms with E-state index < -0.39 is 0 Å². The summed E-state index contributed by atoms with van der Waals surface area (Å²) < 4.78 is 0. The van der Waals surface area contributed by atoms with E-state index in [1.165, 1.54) is 10.5 Å². The number of carbonyl (C=O) groups is 1. The third kappa shape index (κ3) is 5.66. The van der Waals surface area contributed by atoms with Crippen LogP contribution in [0.25, 0.3) is 0 Å². The highest BCUT2D eigenvalue weighted by atomic mass is 32.2. The minimum Gasteiger partial charge on any atom is -0.349 e. The molecule has 4 heteroatoms. The molecule has 1 aromatic carbocycles. The van der Waals surface area contributed by atoms with Crippen LogP contribution in [0.3, 0.4) is 0 Å². The molecule has 0 saturated carbocycles. The molecule has 1 unspecified atom stereocenters. The van der Waals surface area contributed by atoms with Crippen molar-refractivity contribution in [1.82, 2.24) is 10.2 Å². The number of thioether (sulfide) groups is 1. The predicted molar refractivity (Wildman–Crippen MR) is 82.6 cm³/mol. The Bertz CT molecular complexity index is 407. The second kappa shape index (κ2) is 8.23. The third-order valence-electron chi connectivity index (χ3n) is 2.95. The van der Waals surface area contributed by atoms with Gasteiger partial charge in [0.25, 0.3) is 0 Å². The van der Waals surface area contributed by atoms with Gasteiger partial charge in [-0.3, -0.25) is 4.79 Å². The second-order valence-corrected chi connectivity index (χ2v) is 5.91. The largest absolute Gasteiger partial charge is 0.349 e. The van der Waals surface area contributed by atoms with Crippen molar-refractivity contribution in [3.63, 3.8) is 0 Å². The molecular formula is C15H24N2OS. The van der Waals surface area contributed by atoms with Crippen LogP contribution in [0, 0.1) is 0 Å². The van der Waals surface area contributed by atoms with Gasteiger partial charge in [0, 0.05) is 37.2 Å². The maximum atomic E-state index is 11.5. The number of rotatable bonds is 7. The number of hydrogen-bond donors (Lipinski definition) is 1. The molecule has 1 amide bonds. The van der Waals surface area contributed by atoms with Crippen molar-refractivity contribution in [2.45, 2.75) is 31.2 Å². The van der Waals surface area contributed by atoms with E-state index in [1.807, 2.05) is 0 Å². The van der Waals surface area contributed by atoms with Gasteiger partial charge in [-0.1, -0.05) is 19.1 Å². The van der Waals surface area contributed by atoms with Crippen LogP contribution < -0.4 is 5.32 Å². The van der Waals surface area contributed by atoms with Gasteiger partial charge in [-0.05, 0) is 31.2 Å². The van der Waals surface area contributed by atoms with Gasteiger partial charge < -0.3 is 10.2 Å². The number of nitrogens with one attached hydrogen (secondary N) is 1. The zero-order valence-corrected chi connectivity index (χ0v) is 13.1. The van der Waals surface area contributed by atoms with Gasteiger partial charge in [-0.15, -0.1) is 11.8 Å². The molecule has 1 atom stereocenters. The van der Waals surface area contributed by atoms with Gasteiger partial charge in [0.05, 0.1) is 0 Å². The number of amides is 1. The fraction of sp³-hybridized carbons (Fsp3) is 0.533. The summed E-state index contributed by atoms with van der Waals surface area (Å²) in [5.41, 5.74) is 1.30. The molecule has 0 radical (unpaired) electrons. The maximum absolute atomic E-state index is 11.5. The lowest BCUT2D eigenvalue weighted by molar-refractivity contribution is -0.128. The molecule has 19 heavy (non-hydrogen) atoms. The van der Waals surface area contributed by atoms with Gasteiger partial charge in [-0.25, -0.2) is 0 Å². The summed E-state index contributed by atoms with van der Waals surface area (Å²) in [5, 5.41) is 3.41. The fourth-order valence-electron chi connectivity index (χ4n) is 1.78. The van der Waals surface area contributed by atoms with Crippen LogP contribution in [0.5, 0.6) is 0 Å². The molecule has 1 rings (SSSR count). The Morgan fingerprint density at radius 3 is 2.79 bits per heavy atom. The van der Waals surface area contributed by atoms with Gasteiger partial charge in [0.15, 0.2) is 0 Å². The normalized spacial score (nSPS) is 12.2. The number of hydrogen-bond acceptors (Lipinski definition) is 3. The Kier molecular flexibility index (Phi) is 6.95.